The molecular weight excluding hydrogens is 448 g/mol. The van der Waals surface area contributed by atoms with Crippen molar-refractivity contribution in [2.45, 2.75) is 26.7 Å². The zero-order valence-electron chi connectivity index (χ0n) is 19.8. The second-order valence-corrected chi connectivity index (χ2v) is 9.11. The third-order valence-electron chi connectivity index (χ3n) is 6.05. The highest BCUT2D eigenvalue weighted by atomic mass is 32.1. The van der Waals surface area contributed by atoms with E-state index in [2.05, 4.69) is 17.1 Å². The van der Waals surface area contributed by atoms with Gasteiger partial charge in [-0.2, -0.15) is 0 Å². The Kier molecular flexibility index (Phi) is 6.75. The summed E-state index contributed by atoms with van der Waals surface area (Å²) < 4.78 is 10.2. The van der Waals surface area contributed by atoms with Crippen molar-refractivity contribution < 1.29 is 19.1 Å². The van der Waals surface area contributed by atoms with Gasteiger partial charge in [-0.3, -0.25) is 9.79 Å². The van der Waals surface area contributed by atoms with Crippen molar-refractivity contribution >= 4 is 29.0 Å². The summed E-state index contributed by atoms with van der Waals surface area (Å²) >= 11 is 1.59. The number of rotatable bonds is 5. The van der Waals surface area contributed by atoms with Gasteiger partial charge in [0.2, 0.25) is 0 Å². The fourth-order valence-corrected chi connectivity index (χ4v) is 5.63. The van der Waals surface area contributed by atoms with Gasteiger partial charge in [0.25, 0.3) is 0 Å². The molecule has 3 aromatic rings. The number of carbonyl (C=O) groups is 2. The minimum Gasteiger partial charge on any atom is -0.468 e. The molecule has 0 amide bonds. The number of aryl methyl sites for hydroxylation is 1. The van der Waals surface area contributed by atoms with Gasteiger partial charge in [-0.05, 0) is 31.9 Å². The summed E-state index contributed by atoms with van der Waals surface area (Å²) in [4.78, 5) is 36.3. The van der Waals surface area contributed by atoms with Crippen LogP contribution in [0.25, 0.3) is 21.0 Å². The molecule has 1 aromatic heterocycles. The quantitative estimate of drug-likeness (QED) is 0.451. The Hall–Kier alpha value is -3.58. The lowest BCUT2D eigenvalue weighted by Crippen LogP contribution is -2.36. The predicted octanol–water partition coefficient (Wildman–Crippen LogP) is 5.58. The van der Waals surface area contributed by atoms with E-state index in [1.54, 1.807) is 25.2 Å². The average Bonchev–Trinajstić information content (AvgIpc) is 3.24. The lowest BCUT2D eigenvalue weighted by molar-refractivity contribution is -0.143. The van der Waals surface area contributed by atoms with Gasteiger partial charge < -0.3 is 9.47 Å². The van der Waals surface area contributed by atoms with Gasteiger partial charge in [-0.1, -0.05) is 54.6 Å². The summed E-state index contributed by atoms with van der Waals surface area (Å²) in [7, 11) is 2.68. The highest BCUT2D eigenvalue weighted by Gasteiger charge is 2.43. The van der Waals surface area contributed by atoms with Crippen LogP contribution < -0.4 is 0 Å². The number of allylic oxidation sites excluding steroid dienone is 1. The maximum absolute atomic E-state index is 12.9. The molecule has 0 bridgehead atoms. The van der Waals surface area contributed by atoms with Crippen LogP contribution in [0.4, 0.5) is 0 Å². The Bertz CT molecular complexity index is 1310. The molecule has 2 unspecified atom stereocenters. The van der Waals surface area contributed by atoms with E-state index in [4.69, 9.17) is 14.5 Å². The fraction of sp³-hybridized carbons (Fsp3) is 0.259. The van der Waals surface area contributed by atoms with Crippen molar-refractivity contribution in [3.05, 3.63) is 77.1 Å². The second-order valence-electron chi connectivity index (χ2n) is 8.11. The van der Waals surface area contributed by atoms with Crippen LogP contribution in [0.3, 0.4) is 0 Å². The minimum absolute atomic E-state index is 0.354. The van der Waals surface area contributed by atoms with E-state index >= 15 is 0 Å². The third kappa shape index (κ3) is 4.19. The van der Waals surface area contributed by atoms with Crippen LogP contribution >= 0.6 is 11.3 Å². The van der Waals surface area contributed by atoms with E-state index in [1.165, 1.54) is 14.2 Å². The highest BCUT2D eigenvalue weighted by Crippen LogP contribution is 2.45. The summed E-state index contributed by atoms with van der Waals surface area (Å²) in [6.45, 7) is 5.54. The monoisotopic (exact) mass is 474 g/mol. The van der Waals surface area contributed by atoms with Crippen LogP contribution in [0.1, 0.15) is 31.0 Å². The Balaban J connectivity index is 1.92. The van der Waals surface area contributed by atoms with Crippen LogP contribution in [0.5, 0.6) is 0 Å². The molecule has 7 heteroatoms. The SMILES string of the molecule is COC(=O)C1=C(C)N=C(C)C(C(=O)OC)C1c1ccccc1-c1nc(C)c(-c2ccccc2)s1. The number of ether oxygens (including phenoxy) is 2. The lowest BCUT2D eigenvalue weighted by atomic mass is 9.74. The second kappa shape index (κ2) is 9.73. The molecular formula is C27H26N2O4S. The molecule has 34 heavy (non-hydrogen) atoms. The molecule has 2 aromatic carbocycles. The van der Waals surface area contributed by atoms with Crippen LogP contribution in [0.2, 0.25) is 0 Å². The van der Waals surface area contributed by atoms with Crippen molar-refractivity contribution in [1.82, 2.24) is 4.98 Å². The van der Waals surface area contributed by atoms with E-state index < -0.39 is 23.8 Å². The molecule has 174 valence electrons. The number of hydrogen-bond donors (Lipinski definition) is 0. The maximum Gasteiger partial charge on any atom is 0.336 e. The number of nitrogens with zero attached hydrogens (tertiary/aromatic N) is 2. The van der Waals surface area contributed by atoms with Crippen LogP contribution in [0, 0.1) is 12.8 Å². The number of thiazole rings is 1. The van der Waals surface area contributed by atoms with Gasteiger partial charge in [0.15, 0.2) is 0 Å². The molecule has 0 saturated carbocycles. The first-order valence-corrected chi connectivity index (χ1v) is 11.7. The van der Waals surface area contributed by atoms with Crippen LogP contribution in [-0.4, -0.2) is 36.9 Å². The number of methoxy groups -OCH3 is 2. The van der Waals surface area contributed by atoms with Gasteiger partial charge in [-0.15, -0.1) is 11.3 Å². The summed E-state index contributed by atoms with van der Waals surface area (Å²) in [6.07, 6.45) is 0. The molecule has 0 spiro atoms. The maximum atomic E-state index is 12.9. The molecule has 0 saturated heterocycles. The van der Waals surface area contributed by atoms with Crippen molar-refractivity contribution in [2.24, 2.45) is 10.9 Å². The number of esters is 2. The standard InChI is InChI=1S/C27H26N2O4S/c1-15-21(26(30)32-4)23(22(16(2)28-15)27(31)33-5)19-13-9-10-14-20(19)25-29-17(3)24(34-25)18-11-7-6-8-12-18/h6-14,21,23H,1-5H3. The molecule has 4 rings (SSSR count). The molecule has 0 aliphatic carbocycles. The minimum atomic E-state index is -0.751. The van der Waals surface area contributed by atoms with E-state index in [0.29, 0.717) is 17.0 Å². The van der Waals surface area contributed by atoms with Crippen molar-refractivity contribution in [1.29, 1.82) is 0 Å². The molecule has 0 N–H and O–H groups in total. The van der Waals surface area contributed by atoms with Gasteiger partial charge in [0.05, 0.1) is 30.4 Å². The number of aromatic nitrogens is 1. The summed E-state index contributed by atoms with van der Waals surface area (Å²) in [5, 5.41) is 0.817. The summed E-state index contributed by atoms with van der Waals surface area (Å²) in [5.41, 5.74) is 5.17. The van der Waals surface area contributed by atoms with Crippen molar-refractivity contribution in [3.63, 3.8) is 0 Å². The van der Waals surface area contributed by atoms with Gasteiger partial charge in [-0.25, -0.2) is 9.78 Å². The van der Waals surface area contributed by atoms with Gasteiger partial charge >= 0.3 is 11.9 Å². The molecule has 1 aliphatic rings. The van der Waals surface area contributed by atoms with Crippen LogP contribution in [0.15, 0.2) is 70.9 Å². The Morgan fingerprint density at radius 1 is 0.912 bits per heavy atom. The molecule has 2 atom stereocenters. The molecule has 0 fully saturated rings. The van der Waals surface area contributed by atoms with Crippen molar-refractivity contribution in [3.8, 4) is 21.0 Å². The first kappa shape index (κ1) is 23.6. The first-order chi connectivity index (χ1) is 16.4. The molecule has 2 heterocycles. The normalized spacial score (nSPS) is 17.9. The highest BCUT2D eigenvalue weighted by molar-refractivity contribution is 7.18. The van der Waals surface area contributed by atoms with Crippen molar-refractivity contribution in [2.75, 3.05) is 14.2 Å². The predicted molar refractivity (Wildman–Crippen MR) is 134 cm³/mol. The number of aliphatic imine (C=N–C) groups is 1. The Labute approximate surface area is 203 Å². The fourth-order valence-electron chi connectivity index (χ4n) is 4.51. The average molecular weight is 475 g/mol. The summed E-state index contributed by atoms with van der Waals surface area (Å²) in [6, 6.07) is 17.9. The van der Waals surface area contributed by atoms with Gasteiger partial charge in [0.1, 0.15) is 10.9 Å². The molecule has 6 nitrogen and oxygen atoms in total. The lowest BCUT2D eigenvalue weighted by Gasteiger charge is -2.32. The zero-order chi connectivity index (χ0) is 24.4. The largest absolute Gasteiger partial charge is 0.468 e. The van der Waals surface area contributed by atoms with Gasteiger partial charge in [0, 0.05) is 22.9 Å². The van der Waals surface area contributed by atoms with E-state index in [-0.39, 0.29) is 0 Å². The first-order valence-electron chi connectivity index (χ1n) is 10.9. The Morgan fingerprint density at radius 3 is 2.26 bits per heavy atom. The van der Waals surface area contributed by atoms with E-state index in [9.17, 15) is 9.59 Å². The van der Waals surface area contributed by atoms with E-state index in [0.717, 1.165) is 32.3 Å². The third-order valence-corrected chi connectivity index (χ3v) is 7.29. The zero-order valence-corrected chi connectivity index (χ0v) is 20.6. The molecule has 1 aliphatic heterocycles. The van der Waals surface area contributed by atoms with E-state index in [1.807, 2.05) is 49.4 Å². The molecule has 0 radical (unpaired) electrons. The summed E-state index contributed by atoms with van der Waals surface area (Å²) in [5.74, 6) is -2.32. The number of benzene rings is 2. The number of carbonyl (C=O) groups excluding carboxylic acids is 2. The van der Waals surface area contributed by atoms with Crippen LogP contribution in [-0.2, 0) is 19.1 Å². The number of hydrogen-bond acceptors (Lipinski definition) is 7. The smallest absolute Gasteiger partial charge is 0.336 e. The Morgan fingerprint density at radius 2 is 1.59 bits per heavy atom. The topological polar surface area (TPSA) is 77.8 Å².